The lowest BCUT2D eigenvalue weighted by molar-refractivity contribution is 0.306. The first-order chi connectivity index (χ1) is 8.25. The van der Waals surface area contributed by atoms with Gasteiger partial charge in [-0.1, -0.05) is 42.5 Å². The van der Waals surface area contributed by atoms with Crippen molar-refractivity contribution in [1.29, 1.82) is 0 Å². The minimum Gasteiger partial charge on any atom is -0.489 e. The topological polar surface area (TPSA) is 35.2 Å². The molecule has 0 spiro atoms. The van der Waals surface area contributed by atoms with Crippen molar-refractivity contribution in [3.05, 3.63) is 65.7 Å². The SMILES string of the molecule is CC(N)c1ccc(OCc2ccccc2)cc1.Cl. The average Bonchev–Trinajstić information content (AvgIpc) is 2.38. The highest BCUT2D eigenvalue weighted by Gasteiger charge is 1.99. The Hall–Kier alpha value is -1.51. The molecule has 0 bridgehead atoms. The summed E-state index contributed by atoms with van der Waals surface area (Å²) in [6, 6.07) is 18.1. The Labute approximate surface area is 114 Å². The van der Waals surface area contributed by atoms with Gasteiger partial charge < -0.3 is 10.5 Å². The highest BCUT2D eigenvalue weighted by atomic mass is 35.5. The summed E-state index contributed by atoms with van der Waals surface area (Å²) in [5, 5.41) is 0. The molecule has 96 valence electrons. The van der Waals surface area contributed by atoms with Crippen molar-refractivity contribution in [2.24, 2.45) is 5.73 Å². The maximum absolute atomic E-state index is 5.79. The lowest BCUT2D eigenvalue weighted by atomic mass is 10.1. The minimum atomic E-state index is 0. The molecule has 0 aliphatic heterocycles. The minimum absolute atomic E-state index is 0. The molecule has 0 amide bonds. The fraction of sp³-hybridized carbons (Fsp3) is 0.200. The van der Waals surface area contributed by atoms with Gasteiger partial charge in [0.05, 0.1) is 0 Å². The number of nitrogens with two attached hydrogens (primary N) is 1. The number of rotatable bonds is 4. The first-order valence-electron chi connectivity index (χ1n) is 5.78. The van der Waals surface area contributed by atoms with E-state index in [2.05, 4.69) is 12.1 Å². The number of ether oxygens (including phenoxy) is 1. The van der Waals surface area contributed by atoms with E-state index in [0.717, 1.165) is 11.3 Å². The van der Waals surface area contributed by atoms with E-state index < -0.39 is 0 Å². The van der Waals surface area contributed by atoms with Crippen LogP contribution in [-0.2, 0) is 6.61 Å². The van der Waals surface area contributed by atoms with Gasteiger partial charge in [0.15, 0.2) is 0 Å². The van der Waals surface area contributed by atoms with Crippen molar-refractivity contribution < 1.29 is 4.74 Å². The predicted octanol–water partition coefficient (Wildman–Crippen LogP) is 3.71. The quantitative estimate of drug-likeness (QED) is 0.913. The molecule has 0 saturated carbocycles. The zero-order valence-electron chi connectivity index (χ0n) is 10.4. The Kier molecular flexibility index (Phi) is 5.69. The Balaban J connectivity index is 0.00000162. The molecule has 2 aromatic carbocycles. The van der Waals surface area contributed by atoms with E-state index in [0.29, 0.717) is 6.61 Å². The maximum Gasteiger partial charge on any atom is 0.119 e. The fourth-order valence-electron chi connectivity index (χ4n) is 1.61. The summed E-state index contributed by atoms with van der Waals surface area (Å²) < 4.78 is 5.69. The van der Waals surface area contributed by atoms with Crippen LogP contribution in [0.15, 0.2) is 54.6 Å². The van der Waals surface area contributed by atoms with Crippen LogP contribution in [0.1, 0.15) is 24.1 Å². The molecule has 0 fully saturated rings. The molecule has 2 aromatic rings. The third kappa shape index (κ3) is 4.06. The van der Waals surface area contributed by atoms with E-state index in [4.69, 9.17) is 10.5 Å². The molecule has 0 aromatic heterocycles. The van der Waals surface area contributed by atoms with Crippen molar-refractivity contribution in [3.8, 4) is 5.75 Å². The Morgan fingerprint density at radius 1 is 1.00 bits per heavy atom. The maximum atomic E-state index is 5.79. The van der Waals surface area contributed by atoms with Crippen LogP contribution in [-0.4, -0.2) is 0 Å². The zero-order chi connectivity index (χ0) is 12.1. The van der Waals surface area contributed by atoms with Gasteiger partial charge in [0.2, 0.25) is 0 Å². The molecule has 3 heteroatoms. The van der Waals surface area contributed by atoms with E-state index in [1.807, 2.05) is 49.4 Å². The number of halogens is 1. The highest BCUT2D eigenvalue weighted by molar-refractivity contribution is 5.85. The summed E-state index contributed by atoms with van der Waals surface area (Å²) in [7, 11) is 0. The number of benzene rings is 2. The second kappa shape index (κ2) is 7.04. The molecule has 18 heavy (non-hydrogen) atoms. The summed E-state index contributed by atoms with van der Waals surface area (Å²) in [5.74, 6) is 0.873. The molecule has 2 rings (SSSR count). The van der Waals surface area contributed by atoms with Crippen molar-refractivity contribution in [3.63, 3.8) is 0 Å². The predicted molar refractivity (Wildman–Crippen MR) is 77.1 cm³/mol. The van der Waals surface area contributed by atoms with Crippen LogP contribution in [0.5, 0.6) is 5.75 Å². The van der Waals surface area contributed by atoms with E-state index >= 15 is 0 Å². The van der Waals surface area contributed by atoms with Crippen LogP contribution in [0.4, 0.5) is 0 Å². The van der Waals surface area contributed by atoms with Gasteiger partial charge in [-0.2, -0.15) is 0 Å². The molecule has 0 aliphatic carbocycles. The summed E-state index contributed by atoms with van der Waals surface area (Å²) in [4.78, 5) is 0. The smallest absolute Gasteiger partial charge is 0.119 e. The van der Waals surface area contributed by atoms with E-state index in [9.17, 15) is 0 Å². The largest absolute Gasteiger partial charge is 0.489 e. The molecule has 2 nitrogen and oxygen atoms in total. The van der Waals surface area contributed by atoms with Gasteiger partial charge in [0.1, 0.15) is 12.4 Å². The fourth-order valence-corrected chi connectivity index (χ4v) is 1.61. The Bertz CT molecular complexity index is 454. The number of hydrogen-bond acceptors (Lipinski definition) is 2. The van der Waals surface area contributed by atoms with Crippen LogP contribution in [0.2, 0.25) is 0 Å². The van der Waals surface area contributed by atoms with Gasteiger partial charge in [-0.15, -0.1) is 12.4 Å². The second-order valence-electron chi connectivity index (χ2n) is 4.13. The Morgan fingerprint density at radius 2 is 1.61 bits per heavy atom. The van der Waals surface area contributed by atoms with Gasteiger partial charge in [-0.3, -0.25) is 0 Å². The molecule has 0 saturated heterocycles. The monoisotopic (exact) mass is 263 g/mol. The Morgan fingerprint density at radius 3 is 2.17 bits per heavy atom. The van der Waals surface area contributed by atoms with Crippen LogP contribution >= 0.6 is 12.4 Å². The lowest BCUT2D eigenvalue weighted by Gasteiger charge is -2.09. The summed E-state index contributed by atoms with van der Waals surface area (Å²) >= 11 is 0. The van der Waals surface area contributed by atoms with Gasteiger partial charge in [-0.25, -0.2) is 0 Å². The normalized spacial score (nSPS) is 11.4. The summed E-state index contributed by atoms with van der Waals surface area (Å²) in [5.41, 5.74) is 8.08. The molecule has 1 atom stereocenters. The van der Waals surface area contributed by atoms with E-state index in [1.165, 1.54) is 5.56 Å². The third-order valence-corrected chi connectivity index (χ3v) is 2.65. The summed E-state index contributed by atoms with van der Waals surface area (Å²) in [6.45, 7) is 2.57. The van der Waals surface area contributed by atoms with Crippen molar-refractivity contribution in [2.45, 2.75) is 19.6 Å². The molecular weight excluding hydrogens is 246 g/mol. The van der Waals surface area contributed by atoms with E-state index in [-0.39, 0.29) is 18.4 Å². The summed E-state index contributed by atoms with van der Waals surface area (Å²) in [6.07, 6.45) is 0. The lowest BCUT2D eigenvalue weighted by Crippen LogP contribution is -2.04. The van der Waals surface area contributed by atoms with Crippen molar-refractivity contribution >= 4 is 12.4 Å². The molecular formula is C15H18ClNO. The van der Waals surface area contributed by atoms with Gasteiger partial charge in [0.25, 0.3) is 0 Å². The zero-order valence-corrected chi connectivity index (χ0v) is 11.2. The standard InChI is InChI=1S/C15H17NO.ClH/c1-12(16)14-7-9-15(10-8-14)17-11-13-5-3-2-4-6-13;/h2-10,12H,11,16H2,1H3;1H. The molecule has 1 unspecified atom stereocenters. The van der Waals surface area contributed by atoms with Gasteiger partial charge in [-0.05, 0) is 30.2 Å². The van der Waals surface area contributed by atoms with Crippen LogP contribution in [0.25, 0.3) is 0 Å². The average molecular weight is 264 g/mol. The highest BCUT2D eigenvalue weighted by Crippen LogP contribution is 2.17. The van der Waals surface area contributed by atoms with E-state index in [1.54, 1.807) is 0 Å². The van der Waals surface area contributed by atoms with Crippen LogP contribution in [0, 0.1) is 0 Å². The third-order valence-electron chi connectivity index (χ3n) is 2.65. The molecule has 0 heterocycles. The second-order valence-corrected chi connectivity index (χ2v) is 4.13. The molecule has 0 radical (unpaired) electrons. The first-order valence-corrected chi connectivity index (χ1v) is 5.78. The number of hydrogen-bond donors (Lipinski definition) is 1. The van der Waals surface area contributed by atoms with Gasteiger partial charge in [0, 0.05) is 6.04 Å². The molecule has 0 aliphatic rings. The van der Waals surface area contributed by atoms with Crippen LogP contribution in [0.3, 0.4) is 0 Å². The van der Waals surface area contributed by atoms with Gasteiger partial charge >= 0.3 is 0 Å². The first kappa shape index (κ1) is 14.6. The van der Waals surface area contributed by atoms with Crippen molar-refractivity contribution in [1.82, 2.24) is 0 Å². The molecule has 2 N–H and O–H groups in total. The van der Waals surface area contributed by atoms with Crippen LogP contribution < -0.4 is 10.5 Å². The van der Waals surface area contributed by atoms with Crippen molar-refractivity contribution in [2.75, 3.05) is 0 Å².